The lowest BCUT2D eigenvalue weighted by Gasteiger charge is -2.22. The van der Waals surface area contributed by atoms with Gasteiger partial charge in [-0.3, -0.25) is 0 Å². The molecule has 0 spiro atoms. The van der Waals surface area contributed by atoms with Gasteiger partial charge in [0.05, 0.1) is 18.3 Å². The number of rotatable bonds is 8. The van der Waals surface area contributed by atoms with Crippen molar-refractivity contribution >= 4 is 0 Å². The number of hydrogen-bond acceptors (Lipinski definition) is 4. The van der Waals surface area contributed by atoms with E-state index in [2.05, 4.69) is 24.2 Å². The molecule has 2 N–H and O–H groups in total. The van der Waals surface area contributed by atoms with E-state index in [0.29, 0.717) is 13.2 Å². The first-order valence-corrected chi connectivity index (χ1v) is 6.06. The zero-order valence-corrected chi connectivity index (χ0v) is 11.4. The fourth-order valence-electron chi connectivity index (χ4n) is 1.10. The van der Waals surface area contributed by atoms with Gasteiger partial charge >= 0.3 is 0 Å². The van der Waals surface area contributed by atoms with Crippen molar-refractivity contribution in [3.8, 4) is 0 Å². The van der Waals surface area contributed by atoms with Crippen LogP contribution < -0.4 is 5.32 Å². The maximum Gasteiger partial charge on any atom is 0.0897 e. The quantitative estimate of drug-likeness (QED) is 0.605. The molecule has 0 aliphatic heterocycles. The monoisotopic (exact) mass is 232 g/mol. The molecule has 4 heteroatoms. The SMILES string of the molecule is CCN(C)CCNCC(O)COC(C)(C)C. The molecular weight excluding hydrogens is 204 g/mol. The lowest BCUT2D eigenvalue weighted by Crippen LogP contribution is -2.37. The molecule has 1 atom stereocenters. The van der Waals surface area contributed by atoms with E-state index in [1.807, 2.05) is 20.8 Å². The Morgan fingerprint density at radius 2 is 2.00 bits per heavy atom. The summed E-state index contributed by atoms with van der Waals surface area (Å²) < 4.78 is 5.49. The maximum atomic E-state index is 9.63. The maximum absolute atomic E-state index is 9.63. The third kappa shape index (κ3) is 10.4. The Balaban J connectivity index is 3.40. The minimum atomic E-state index is -0.425. The highest BCUT2D eigenvalue weighted by Crippen LogP contribution is 2.06. The van der Waals surface area contributed by atoms with Crippen molar-refractivity contribution < 1.29 is 9.84 Å². The smallest absolute Gasteiger partial charge is 0.0897 e. The average molecular weight is 232 g/mol. The number of aliphatic hydroxyl groups excluding tert-OH is 1. The van der Waals surface area contributed by atoms with Crippen molar-refractivity contribution in [1.82, 2.24) is 10.2 Å². The largest absolute Gasteiger partial charge is 0.389 e. The molecule has 0 aromatic carbocycles. The van der Waals surface area contributed by atoms with Gasteiger partial charge in [-0.15, -0.1) is 0 Å². The zero-order chi connectivity index (χ0) is 12.6. The Bertz CT molecular complexity index is 169. The first kappa shape index (κ1) is 15.8. The van der Waals surface area contributed by atoms with Crippen molar-refractivity contribution in [2.24, 2.45) is 0 Å². The number of aliphatic hydroxyl groups is 1. The van der Waals surface area contributed by atoms with Crippen molar-refractivity contribution in [3.05, 3.63) is 0 Å². The second-order valence-electron chi connectivity index (χ2n) is 5.18. The van der Waals surface area contributed by atoms with Crippen LogP contribution in [0.4, 0.5) is 0 Å². The highest BCUT2D eigenvalue weighted by Gasteiger charge is 2.13. The van der Waals surface area contributed by atoms with Crippen molar-refractivity contribution in [3.63, 3.8) is 0 Å². The summed E-state index contributed by atoms with van der Waals surface area (Å²) in [6.07, 6.45) is -0.425. The summed E-state index contributed by atoms with van der Waals surface area (Å²) >= 11 is 0. The van der Waals surface area contributed by atoms with Gasteiger partial charge in [0.15, 0.2) is 0 Å². The van der Waals surface area contributed by atoms with Gasteiger partial charge in [0.25, 0.3) is 0 Å². The third-order valence-electron chi connectivity index (χ3n) is 2.30. The van der Waals surface area contributed by atoms with Crippen LogP contribution in [0.5, 0.6) is 0 Å². The van der Waals surface area contributed by atoms with Crippen LogP contribution in [-0.4, -0.2) is 61.5 Å². The minimum Gasteiger partial charge on any atom is -0.389 e. The van der Waals surface area contributed by atoms with Gasteiger partial charge in [0.1, 0.15) is 0 Å². The van der Waals surface area contributed by atoms with Gasteiger partial charge < -0.3 is 20.1 Å². The predicted molar refractivity (Wildman–Crippen MR) is 67.8 cm³/mol. The summed E-state index contributed by atoms with van der Waals surface area (Å²) in [5.41, 5.74) is -0.177. The Kier molecular flexibility index (Phi) is 7.93. The second kappa shape index (κ2) is 8.01. The van der Waals surface area contributed by atoms with E-state index in [1.165, 1.54) is 0 Å². The fourth-order valence-corrected chi connectivity index (χ4v) is 1.10. The molecule has 0 amide bonds. The summed E-state index contributed by atoms with van der Waals surface area (Å²) in [6, 6.07) is 0. The molecule has 0 heterocycles. The molecule has 1 unspecified atom stereocenters. The molecule has 4 nitrogen and oxygen atoms in total. The molecule has 16 heavy (non-hydrogen) atoms. The normalized spacial score (nSPS) is 14.4. The van der Waals surface area contributed by atoms with Gasteiger partial charge in [-0.1, -0.05) is 6.92 Å². The van der Waals surface area contributed by atoms with Crippen molar-refractivity contribution in [2.75, 3.05) is 39.8 Å². The highest BCUT2D eigenvalue weighted by molar-refractivity contribution is 4.64. The molecule has 0 aliphatic rings. The third-order valence-corrected chi connectivity index (χ3v) is 2.30. The van der Waals surface area contributed by atoms with Gasteiger partial charge in [-0.05, 0) is 34.4 Å². The van der Waals surface area contributed by atoms with Crippen molar-refractivity contribution in [1.29, 1.82) is 0 Å². The Morgan fingerprint density at radius 3 is 2.50 bits per heavy atom. The first-order chi connectivity index (χ1) is 7.35. The Labute approximate surface area is 100.0 Å². The Morgan fingerprint density at radius 1 is 1.38 bits per heavy atom. The number of nitrogens with zero attached hydrogens (tertiary/aromatic N) is 1. The fraction of sp³-hybridized carbons (Fsp3) is 1.00. The topological polar surface area (TPSA) is 44.7 Å². The number of hydrogen-bond donors (Lipinski definition) is 2. The molecular formula is C12H28N2O2. The molecule has 0 radical (unpaired) electrons. The summed E-state index contributed by atoms with van der Waals surface area (Å²) in [7, 11) is 2.08. The average Bonchev–Trinajstić information content (AvgIpc) is 2.20. The lowest BCUT2D eigenvalue weighted by molar-refractivity contribution is -0.0478. The van der Waals surface area contributed by atoms with Gasteiger partial charge in [0.2, 0.25) is 0 Å². The van der Waals surface area contributed by atoms with Crippen LogP contribution in [0.3, 0.4) is 0 Å². The molecule has 98 valence electrons. The predicted octanol–water partition coefficient (Wildman–Crippen LogP) is 0.704. The lowest BCUT2D eigenvalue weighted by atomic mass is 10.2. The van der Waals surface area contributed by atoms with E-state index in [4.69, 9.17) is 4.74 Å². The summed E-state index contributed by atoms with van der Waals surface area (Å²) in [6.45, 7) is 12.0. The van der Waals surface area contributed by atoms with Crippen LogP contribution in [0, 0.1) is 0 Å². The van der Waals surface area contributed by atoms with Crippen LogP contribution in [0.2, 0.25) is 0 Å². The molecule has 0 aromatic heterocycles. The van der Waals surface area contributed by atoms with E-state index in [-0.39, 0.29) is 5.60 Å². The van der Waals surface area contributed by atoms with E-state index in [9.17, 15) is 5.11 Å². The van der Waals surface area contributed by atoms with E-state index >= 15 is 0 Å². The molecule has 0 aromatic rings. The molecule has 0 saturated carbocycles. The number of nitrogens with one attached hydrogen (secondary N) is 1. The second-order valence-corrected chi connectivity index (χ2v) is 5.18. The summed E-state index contributed by atoms with van der Waals surface area (Å²) in [5, 5.41) is 12.8. The van der Waals surface area contributed by atoms with Crippen molar-refractivity contribution in [2.45, 2.75) is 39.4 Å². The molecule has 0 bridgehead atoms. The van der Waals surface area contributed by atoms with E-state index < -0.39 is 6.10 Å². The number of ether oxygens (including phenoxy) is 1. The van der Waals surface area contributed by atoms with Crippen LogP contribution >= 0.6 is 0 Å². The molecule has 0 aliphatic carbocycles. The molecule has 0 saturated heterocycles. The van der Waals surface area contributed by atoms with Crippen LogP contribution in [0.25, 0.3) is 0 Å². The number of likely N-dealkylation sites (N-methyl/N-ethyl adjacent to an activating group) is 1. The van der Waals surface area contributed by atoms with Crippen LogP contribution in [0.1, 0.15) is 27.7 Å². The zero-order valence-electron chi connectivity index (χ0n) is 11.4. The highest BCUT2D eigenvalue weighted by atomic mass is 16.5. The van der Waals surface area contributed by atoms with Gasteiger partial charge in [-0.2, -0.15) is 0 Å². The summed E-state index contributed by atoms with van der Waals surface area (Å²) in [4.78, 5) is 2.23. The van der Waals surface area contributed by atoms with E-state index in [1.54, 1.807) is 0 Å². The minimum absolute atomic E-state index is 0.177. The van der Waals surface area contributed by atoms with Crippen LogP contribution in [0.15, 0.2) is 0 Å². The van der Waals surface area contributed by atoms with E-state index in [0.717, 1.165) is 19.6 Å². The van der Waals surface area contributed by atoms with Gasteiger partial charge in [0, 0.05) is 19.6 Å². The van der Waals surface area contributed by atoms with Gasteiger partial charge in [-0.25, -0.2) is 0 Å². The Hall–Kier alpha value is -0.160. The standard InChI is InChI=1S/C12H28N2O2/c1-6-14(5)8-7-13-9-11(15)10-16-12(2,3)4/h11,13,15H,6-10H2,1-5H3. The first-order valence-electron chi connectivity index (χ1n) is 6.06. The molecule has 0 fully saturated rings. The molecule has 0 rings (SSSR count). The van der Waals surface area contributed by atoms with Crippen LogP contribution in [-0.2, 0) is 4.74 Å². The summed E-state index contributed by atoms with van der Waals surface area (Å²) in [5.74, 6) is 0.